The molecule has 0 unspecified atom stereocenters. The summed E-state index contributed by atoms with van der Waals surface area (Å²) in [5.74, 6) is 0.909. The Labute approximate surface area is 127 Å². The largest absolute Gasteiger partial charge is 0.416 e. The minimum absolute atomic E-state index is 0.340. The molecule has 3 N–H and O–H groups in total. The van der Waals surface area contributed by atoms with Gasteiger partial charge in [-0.1, -0.05) is 12.1 Å². The van der Waals surface area contributed by atoms with Crippen LogP contribution in [0.25, 0.3) is 11.4 Å². The molecule has 0 bridgehead atoms. The molecule has 0 fully saturated rings. The minimum atomic E-state index is -4.35. The van der Waals surface area contributed by atoms with Gasteiger partial charge in [-0.25, -0.2) is 9.97 Å². The molecule has 0 aliphatic rings. The van der Waals surface area contributed by atoms with Crippen LogP contribution in [0.3, 0.4) is 0 Å². The zero-order valence-corrected chi connectivity index (χ0v) is 11.9. The van der Waals surface area contributed by atoms with Crippen LogP contribution in [0.5, 0.6) is 0 Å². The second-order valence-corrected chi connectivity index (χ2v) is 5.42. The molecule has 0 spiro atoms. The molecule has 1 aromatic carbocycles. The van der Waals surface area contributed by atoms with Crippen molar-refractivity contribution in [3.8, 4) is 11.4 Å². The number of anilines is 1. The number of rotatable bonds is 3. The number of aromatic amines is 1. The van der Waals surface area contributed by atoms with E-state index in [1.807, 2.05) is 5.38 Å². The molecular weight excluding hydrogens is 315 g/mol. The number of thiazole rings is 1. The standard InChI is InChI=1S/C13H10F3N5S/c14-13(15,16)8-3-1-7(2-4-8)11-19-10(20-21-11)5-9-6-22-12(17)18-9/h1-4,6H,5H2,(H2,17,18)(H,19,20,21). The molecule has 9 heteroatoms. The molecule has 0 aliphatic carbocycles. The van der Waals surface area contributed by atoms with Crippen molar-refractivity contribution < 1.29 is 13.2 Å². The van der Waals surface area contributed by atoms with Crippen molar-refractivity contribution in [1.29, 1.82) is 0 Å². The smallest absolute Gasteiger partial charge is 0.375 e. The maximum absolute atomic E-state index is 12.5. The van der Waals surface area contributed by atoms with Crippen LogP contribution >= 0.6 is 11.3 Å². The number of aromatic nitrogens is 4. The van der Waals surface area contributed by atoms with Crippen LogP contribution in [-0.4, -0.2) is 20.2 Å². The van der Waals surface area contributed by atoms with Crippen molar-refractivity contribution in [2.45, 2.75) is 12.6 Å². The van der Waals surface area contributed by atoms with E-state index in [9.17, 15) is 13.2 Å². The van der Waals surface area contributed by atoms with Crippen molar-refractivity contribution in [1.82, 2.24) is 20.2 Å². The lowest BCUT2D eigenvalue weighted by Gasteiger charge is -2.05. The molecule has 5 nitrogen and oxygen atoms in total. The lowest BCUT2D eigenvalue weighted by Crippen LogP contribution is -2.04. The highest BCUT2D eigenvalue weighted by Crippen LogP contribution is 2.30. The van der Waals surface area contributed by atoms with Crippen LogP contribution in [0.15, 0.2) is 29.6 Å². The number of nitrogens with one attached hydrogen (secondary N) is 1. The van der Waals surface area contributed by atoms with E-state index in [-0.39, 0.29) is 0 Å². The summed E-state index contributed by atoms with van der Waals surface area (Å²) < 4.78 is 37.6. The highest BCUT2D eigenvalue weighted by molar-refractivity contribution is 7.13. The molecule has 22 heavy (non-hydrogen) atoms. The summed E-state index contributed by atoms with van der Waals surface area (Å²) in [5.41, 5.74) is 6.11. The van der Waals surface area contributed by atoms with E-state index in [1.165, 1.54) is 23.5 Å². The van der Waals surface area contributed by atoms with Crippen LogP contribution in [0.2, 0.25) is 0 Å². The van der Waals surface area contributed by atoms with Gasteiger partial charge < -0.3 is 5.73 Å². The van der Waals surface area contributed by atoms with Crippen molar-refractivity contribution in [3.05, 3.63) is 46.7 Å². The van der Waals surface area contributed by atoms with Crippen LogP contribution in [0, 0.1) is 0 Å². The van der Waals surface area contributed by atoms with E-state index in [0.29, 0.717) is 28.8 Å². The van der Waals surface area contributed by atoms with Gasteiger partial charge in [0, 0.05) is 10.9 Å². The number of nitrogens with two attached hydrogens (primary N) is 1. The number of halogens is 3. The summed E-state index contributed by atoms with van der Waals surface area (Å²) in [6.07, 6.45) is -3.92. The number of nitrogens with zero attached hydrogens (tertiary/aromatic N) is 3. The average molecular weight is 325 g/mol. The van der Waals surface area contributed by atoms with Crippen molar-refractivity contribution in [3.63, 3.8) is 0 Å². The molecule has 0 amide bonds. The number of H-pyrrole nitrogens is 1. The molecule has 0 atom stereocenters. The third kappa shape index (κ3) is 3.08. The Morgan fingerprint density at radius 3 is 2.45 bits per heavy atom. The predicted octanol–water partition coefficient (Wildman–Crippen LogP) is 3.12. The Bertz CT molecular complexity index is 776. The van der Waals surface area contributed by atoms with Crippen molar-refractivity contribution >= 4 is 16.5 Å². The third-order valence-corrected chi connectivity index (χ3v) is 3.64. The third-order valence-electron chi connectivity index (χ3n) is 2.92. The highest BCUT2D eigenvalue weighted by atomic mass is 32.1. The Balaban J connectivity index is 1.78. The molecule has 2 aromatic heterocycles. The number of hydrogen-bond acceptors (Lipinski definition) is 5. The molecule has 0 radical (unpaired) electrons. The molecule has 0 saturated heterocycles. The van der Waals surface area contributed by atoms with Gasteiger partial charge in [-0.2, -0.15) is 18.3 Å². The van der Waals surface area contributed by atoms with Gasteiger partial charge in [0.2, 0.25) is 0 Å². The van der Waals surface area contributed by atoms with Gasteiger partial charge in [0.15, 0.2) is 11.0 Å². The molecular formula is C13H10F3N5S. The number of benzene rings is 1. The van der Waals surface area contributed by atoms with E-state index in [0.717, 1.165) is 17.8 Å². The summed E-state index contributed by atoms with van der Waals surface area (Å²) in [7, 11) is 0. The Hall–Kier alpha value is -2.42. The first-order valence-corrected chi connectivity index (χ1v) is 7.08. The fourth-order valence-electron chi connectivity index (χ4n) is 1.89. The Morgan fingerprint density at radius 1 is 1.14 bits per heavy atom. The summed E-state index contributed by atoms with van der Waals surface area (Å²) >= 11 is 1.33. The van der Waals surface area contributed by atoms with E-state index < -0.39 is 11.7 Å². The van der Waals surface area contributed by atoms with Gasteiger partial charge in [0.1, 0.15) is 5.82 Å². The predicted molar refractivity (Wildman–Crippen MR) is 76.2 cm³/mol. The zero-order valence-electron chi connectivity index (χ0n) is 11.1. The Kier molecular flexibility index (Phi) is 3.57. The quantitative estimate of drug-likeness (QED) is 0.775. The fourth-order valence-corrected chi connectivity index (χ4v) is 2.45. The maximum Gasteiger partial charge on any atom is 0.416 e. The normalized spacial score (nSPS) is 11.8. The Morgan fingerprint density at radius 2 is 1.86 bits per heavy atom. The van der Waals surface area contributed by atoms with Gasteiger partial charge >= 0.3 is 6.18 Å². The molecule has 3 aromatic rings. The average Bonchev–Trinajstić information content (AvgIpc) is 3.08. The molecule has 114 valence electrons. The van der Waals surface area contributed by atoms with E-state index in [1.54, 1.807) is 0 Å². The molecule has 0 saturated carbocycles. The van der Waals surface area contributed by atoms with Crippen LogP contribution < -0.4 is 5.73 Å². The zero-order chi connectivity index (χ0) is 15.7. The fraction of sp³-hybridized carbons (Fsp3) is 0.154. The lowest BCUT2D eigenvalue weighted by atomic mass is 10.1. The highest BCUT2D eigenvalue weighted by Gasteiger charge is 2.30. The van der Waals surface area contributed by atoms with Gasteiger partial charge in [-0.15, -0.1) is 11.3 Å². The first-order chi connectivity index (χ1) is 10.4. The topological polar surface area (TPSA) is 80.5 Å². The first kappa shape index (κ1) is 14.5. The van der Waals surface area contributed by atoms with E-state index >= 15 is 0 Å². The maximum atomic E-state index is 12.5. The van der Waals surface area contributed by atoms with Crippen LogP contribution in [0.1, 0.15) is 17.1 Å². The van der Waals surface area contributed by atoms with Gasteiger partial charge in [0.05, 0.1) is 17.7 Å². The summed E-state index contributed by atoms with van der Waals surface area (Å²) in [4.78, 5) is 8.36. The monoisotopic (exact) mass is 325 g/mol. The second-order valence-electron chi connectivity index (χ2n) is 4.53. The summed E-state index contributed by atoms with van der Waals surface area (Å²) in [6.45, 7) is 0. The van der Waals surface area contributed by atoms with Crippen molar-refractivity contribution in [2.75, 3.05) is 5.73 Å². The first-order valence-electron chi connectivity index (χ1n) is 6.20. The van der Waals surface area contributed by atoms with Crippen LogP contribution in [-0.2, 0) is 12.6 Å². The number of nitrogen functional groups attached to an aromatic ring is 1. The second kappa shape index (κ2) is 5.41. The van der Waals surface area contributed by atoms with Gasteiger partial charge in [-0.05, 0) is 12.1 Å². The van der Waals surface area contributed by atoms with Crippen LogP contribution in [0.4, 0.5) is 18.3 Å². The summed E-state index contributed by atoms with van der Waals surface area (Å²) in [6, 6.07) is 4.70. The molecule has 2 heterocycles. The number of hydrogen-bond donors (Lipinski definition) is 2. The van der Waals surface area contributed by atoms with E-state index in [4.69, 9.17) is 5.73 Å². The SMILES string of the molecule is Nc1nc(Cc2nc(-c3ccc(C(F)(F)F)cc3)n[nH]2)cs1. The lowest BCUT2D eigenvalue weighted by molar-refractivity contribution is -0.137. The van der Waals surface area contributed by atoms with Crippen molar-refractivity contribution in [2.24, 2.45) is 0 Å². The van der Waals surface area contributed by atoms with E-state index in [2.05, 4.69) is 20.2 Å². The molecule has 3 rings (SSSR count). The number of alkyl halides is 3. The van der Waals surface area contributed by atoms with Gasteiger partial charge in [0.25, 0.3) is 0 Å². The summed E-state index contributed by atoms with van der Waals surface area (Å²) in [5, 5.41) is 9.04. The minimum Gasteiger partial charge on any atom is -0.375 e. The van der Waals surface area contributed by atoms with Gasteiger partial charge in [-0.3, -0.25) is 5.10 Å². The molecule has 0 aliphatic heterocycles.